The Morgan fingerprint density at radius 3 is 2.50 bits per heavy atom. The molecule has 0 unspecified atom stereocenters. The number of carbonyl (C=O) groups is 1. The van der Waals surface area contributed by atoms with Crippen molar-refractivity contribution in [3.05, 3.63) is 57.7 Å². The van der Waals surface area contributed by atoms with Gasteiger partial charge in [-0.1, -0.05) is 23.4 Å². The highest BCUT2D eigenvalue weighted by Gasteiger charge is 2.38. The molecule has 134 valence electrons. The highest BCUT2D eigenvalue weighted by Crippen LogP contribution is 2.43. The van der Waals surface area contributed by atoms with E-state index in [-0.39, 0.29) is 22.5 Å². The summed E-state index contributed by atoms with van der Waals surface area (Å²) in [6.45, 7) is 0. The van der Waals surface area contributed by atoms with Gasteiger partial charge < -0.3 is 0 Å². The molecule has 0 atom stereocenters. The largest absolute Gasteiger partial charge is 0.417 e. The van der Waals surface area contributed by atoms with Crippen molar-refractivity contribution >= 4 is 29.1 Å². The number of ketones is 1. The molecule has 8 heteroatoms. The number of carbonyl (C=O) groups excluding carboxylic acids is 1. The Labute approximate surface area is 157 Å². The summed E-state index contributed by atoms with van der Waals surface area (Å²) >= 11 is 6.63. The normalized spacial score (nSPS) is 14.1. The van der Waals surface area contributed by atoms with E-state index in [1.54, 1.807) is 30.3 Å². The molecule has 1 aliphatic carbocycles. The van der Waals surface area contributed by atoms with E-state index >= 15 is 0 Å². The van der Waals surface area contributed by atoms with E-state index in [4.69, 9.17) is 11.6 Å². The van der Waals surface area contributed by atoms with Gasteiger partial charge in [0.25, 0.3) is 0 Å². The van der Waals surface area contributed by atoms with Gasteiger partial charge in [0.2, 0.25) is 0 Å². The molecule has 0 saturated heterocycles. The molecule has 0 amide bonds. The van der Waals surface area contributed by atoms with Crippen LogP contribution in [0.2, 0.25) is 5.02 Å². The summed E-state index contributed by atoms with van der Waals surface area (Å²) in [7, 11) is 0. The van der Waals surface area contributed by atoms with Gasteiger partial charge in [0.05, 0.1) is 16.9 Å². The van der Waals surface area contributed by atoms with E-state index in [2.05, 4.69) is 4.98 Å². The molecule has 0 N–H and O–H groups in total. The second kappa shape index (κ2) is 7.29. The molecule has 26 heavy (non-hydrogen) atoms. The van der Waals surface area contributed by atoms with Gasteiger partial charge in [0.15, 0.2) is 5.78 Å². The van der Waals surface area contributed by atoms with Crippen LogP contribution in [0.3, 0.4) is 0 Å². The van der Waals surface area contributed by atoms with Crippen LogP contribution in [0.4, 0.5) is 13.2 Å². The molecule has 1 aromatic carbocycles. The summed E-state index contributed by atoms with van der Waals surface area (Å²) in [5.74, 6) is -0.396. The monoisotopic (exact) mass is 396 g/mol. The standard InChI is InChI=1S/C18H12ClF3N2OS/c19-12-5-3-11(4-6-12)16(25)9-26-17-13(8-23)14(18(20,21)22)7-15(24-17)10-1-2-10/h3-7,10H,1-2,9H2. The molecular formula is C18H12ClF3N2OS. The minimum Gasteiger partial charge on any atom is -0.293 e. The fourth-order valence-corrected chi connectivity index (χ4v) is 3.45. The third-order valence-electron chi connectivity index (χ3n) is 3.93. The van der Waals surface area contributed by atoms with Crippen LogP contribution < -0.4 is 0 Å². The van der Waals surface area contributed by atoms with Gasteiger partial charge in [-0.25, -0.2) is 4.98 Å². The maximum absolute atomic E-state index is 13.3. The third-order valence-corrected chi connectivity index (χ3v) is 5.15. The lowest BCUT2D eigenvalue weighted by Crippen LogP contribution is -2.12. The highest BCUT2D eigenvalue weighted by atomic mass is 35.5. The molecule has 1 saturated carbocycles. The Morgan fingerprint density at radius 1 is 1.31 bits per heavy atom. The van der Waals surface area contributed by atoms with E-state index < -0.39 is 17.3 Å². The second-order valence-electron chi connectivity index (χ2n) is 5.88. The van der Waals surface area contributed by atoms with Crippen molar-refractivity contribution in [3.63, 3.8) is 0 Å². The van der Waals surface area contributed by atoms with Crippen molar-refractivity contribution in [2.75, 3.05) is 5.75 Å². The fraction of sp³-hybridized carbons (Fsp3) is 0.278. The van der Waals surface area contributed by atoms with E-state index in [0.29, 0.717) is 16.3 Å². The first-order valence-electron chi connectivity index (χ1n) is 7.73. The van der Waals surface area contributed by atoms with Gasteiger partial charge >= 0.3 is 6.18 Å². The van der Waals surface area contributed by atoms with Gasteiger partial charge in [-0.05, 0) is 43.2 Å². The number of Topliss-reactive ketones (excluding diaryl/α,β-unsaturated/α-hetero) is 1. The van der Waals surface area contributed by atoms with Crippen molar-refractivity contribution in [2.45, 2.75) is 30.0 Å². The van der Waals surface area contributed by atoms with Gasteiger partial charge in [0, 0.05) is 22.2 Å². The number of aromatic nitrogens is 1. The molecule has 0 spiro atoms. The lowest BCUT2D eigenvalue weighted by molar-refractivity contribution is -0.138. The number of thioether (sulfide) groups is 1. The summed E-state index contributed by atoms with van der Waals surface area (Å²) in [5, 5.41) is 9.65. The molecule has 2 aromatic rings. The number of nitrogens with zero attached hydrogens (tertiary/aromatic N) is 2. The number of hydrogen-bond acceptors (Lipinski definition) is 4. The van der Waals surface area contributed by atoms with Gasteiger partial charge in [-0.3, -0.25) is 4.79 Å². The van der Waals surface area contributed by atoms with Crippen molar-refractivity contribution in [1.82, 2.24) is 4.98 Å². The SMILES string of the molecule is N#Cc1c(C(F)(F)F)cc(C2CC2)nc1SCC(=O)c1ccc(Cl)cc1. The number of rotatable bonds is 5. The second-order valence-corrected chi connectivity index (χ2v) is 7.28. The van der Waals surface area contributed by atoms with Crippen LogP contribution >= 0.6 is 23.4 Å². The maximum Gasteiger partial charge on any atom is 0.417 e. The van der Waals surface area contributed by atoms with Crippen molar-refractivity contribution in [3.8, 4) is 6.07 Å². The van der Waals surface area contributed by atoms with Gasteiger partial charge in [-0.2, -0.15) is 18.4 Å². The van der Waals surface area contributed by atoms with E-state index in [9.17, 15) is 23.2 Å². The minimum absolute atomic E-state index is 0.00448. The molecule has 1 aromatic heterocycles. The zero-order valence-electron chi connectivity index (χ0n) is 13.3. The van der Waals surface area contributed by atoms with Crippen LogP contribution in [-0.4, -0.2) is 16.5 Å². The molecular weight excluding hydrogens is 385 g/mol. The number of alkyl halides is 3. The minimum atomic E-state index is -4.65. The molecule has 0 radical (unpaired) electrons. The first-order chi connectivity index (χ1) is 12.3. The van der Waals surface area contributed by atoms with Crippen LogP contribution in [0.1, 0.15) is 45.9 Å². The molecule has 0 aliphatic heterocycles. The van der Waals surface area contributed by atoms with Crippen molar-refractivity contribution in [1.29, 1.82) is 5.26 Å². The first-order valence-corrected chi connectivity index (χ1v) is 9.09. The quantitative estimate of drug-likeness (QED) is 0.496. The van der Waals surface area contributed by atoms with Crippen LogP contribution in [0.5, 0.6) is 0 Å². The Hall–Kier alpha value is -2.04. The number of benzene rings is 1. The Bertz CT molecular complexity index is 887. The zero-order chi connectivity index (χ0) is 18.9. The smallest absolute Gasteiger partial charge is 0.293 e. The molecule has 3 nitrogen and oxygen atoms in total. The van der Waals surface area contributed by atoms with Crippen molar-refractivity contribution in [2.24, 2.45) is 0 Å². The molecule has 1 fully saturated rings. The average molecular weight is 397 g/mol. The topological polar surface area (TPSA) is 53.8 Å². The van der Waals surface area contributed by atoms with Crippen molar-refractivity contribution < 1.29 is 18.0 Å². The first kappa shape index (κ1) is 18.7. The highest BCUT2D eigenvalue weighted by molar-refractivity contribution is 8.00. The summed E-state index contributed by atoms with van der Waals surface area (Å²) in [6, 6.07) is 8.78. The van der Waals surface area contributed by atoms with Gasteiger partial charge in [0.1, 0.15) is 11.1 Å². The maximum atomic E-state index is 13.3. The predicted molar refractivity (Wildman–Crippen MR) is 92.4 cm³/mol. The number of pyridine rings is 1. The van der Waals surface area contributed by atoms with Crippen LogP contribution in [0, 0.1) is 11.3 Å². The number of nitriles is 1. The molecule has 3 rings (SSSR count). The lowest BCUT2D eigenvalue weighted by atomic mass is 10.1. The summed E-state index contributed by atoms with van der Waals surface area (Å²) in [4.78, 5) is 16.5. The third kappa shape index (κ3) is 4.19. The lowest BCUT2D eigenvalue weighted by Gasteiger charge is -2.13. The van der Waals surface area contributed by atoms with Gasteiger partial charge in [-0.15, -0.1) is 0 Å². The molecule has 1 aliphatic rings. The zero-order valence-corrected chi connectivity index (χ0v) is 14.9. The summed E-state index contributed by atoms with van der Waals surface area (Å²) < 4.78 is 39.9. The van der Waals surface area contributed by atoms with Crippen LogP contribution in [0.15, 0.2) is 35.4 Å². The Kier molecular flexibility index (Phi) is 5.26. The molecule has 1 heterocycles. The van der Waals surface area contributed by atoms with E-state index in [1.807, 2.05) is 0 Å². The van der Waals surface area contributed by atoms with E-state index in [0.717, 1.165) is 30.7 Å². The summed E-state index contributed by atoms with van der Waals surface area (Å²) in [5.41, 5.74) is -0.790. The van der Waals surface area contributed by atoms with E-state index in [1.165, 1.54) is 0 Å². The van der Waals surface area contributed by atoms with Crippen LogP contribution in [0.25, 0.3) is 0 Å². The average Bonchev–Trinajstić information content (AvgIpc) is 3.43. The predicted octanol–water partition coefficient (Wildman–Crippen LogP) is 5.48. The Balaban J connectivity index is 1.88. The van der Waals surface area contributed by atoms with Crippen LogP contribution in [-0.2, 0) is 6.18 Å². The number of hydrogen-bond donors (Lipinski definition) is 0. The number of halogens is 4. The Morgan fingerprint density at radius 2 is 1.96 bits per heavy atom. The molecule has 0 bridgehead atoms. The fourth-order valence-electron chi connectivity index (χ4n) is 2.42. The summed E-state index contributed by atoms with van der Waals surface area (Å²) in [6.07, 6.45) is -3.08.